The van der Waals surface area contributed by atoms with E-state index in [0.29, 0.717) is 0 Å². The molecule has 0 fully saturated rings. The van der Waals surface area contributed by atoms with E-state index >= 15 is 0 Å². The number of hydrogen-bond acceptors (Lipinski definition) is 0. The van der Waals surface area contributed by atoms with Crippen LogP contribution in [0.2, 0.25) is 0 Å². The topological polar surface area (TPSA) is 0 Å². The van der Waals surface area contributed by atoms with Crippen LogP contribution in [0.4, 0.5) is 0 Å². The molecule has 0 saturated heterocycles. The average Bonchev–Trinajstić information content (AvgIpc) is 2.19. The number of hydrogen-bond donors (Lipinski definition) is 0. The fourth-order valence-corrected chi connectivity index (χ4v) is 2.07. The van der Waals surface area contributed by atoms with Crippen LogP contribution >= 0.6 is 0 Å². The van der Waals surface area contributed by atoms with E-state index in [-0.39, 0.29) is 17.4 Å². The Balaban J connectivity index is 0.000000750. The molecule has 0 heterocycles. The molecule has 0 radical (unpaired) electrons. The van der Waals surface area contributed by atoms with Crippen molar-refractivity contribution in [1.29, 1.82) is 0 Å². The predicted octanol–water partition coefficient (Wildman–Crippen LogP) is 3.41. The van der Waals surface area contributed by atoms with Crippen molar-refractivity contribution in [3.63, 3.8) is 0 Å². The van der Waals surface area contributed by atoms with Gasteiger partial charge in [-0.1, -0.05) is 48.6 Å². The largest absolute Gasteiger partial charge is 0.0795 e. The Labute approximate surface area is 94.4 Å². The van der Waals surface area contributed by atoms with E-state index in [1.807, 2.05) is 0 Å². The molecule has 0 aliphatic heterocycles. The Bertz CT molecular complexity index is 492. The third-order valence-corrected chi connectivity index (χ3v) is 2.66. The third-order valence-electron chi connectivity index (χ3n) is 2.66. The second-order valence-corrected chi connectivity index (χ2v) is 3.47. The molecule has 0 amide bonds. The minimum absolute atomic E-state index is 0. The molecule has 1 heteroatoms. The van der Waals surface area contributed by atoms with Gasteiger partial charge in [-0.05, 0) is 28.3 Å². The van der Waals surface area contributed by atoms with Crippen LogP contribution in [-0.4, -0.2) is 0 Å². The van der Waals surface area contributed by atoms with Gasteiger partial charge < -0.3 is 0 Å². The molecule has 0 nitrogen and oxygen atoms in total. The Kier molecular flexibility index (Phi) is 2.46. The number of rotatable bonds is 0. The third kappa shape index (κ3) is 1.30. The van der Waals surface area contributed by atoms with Crippen molar-refractivity contribution in [3.05, 3.63) is 53.6 Å². The van der Waals surface area contributed by atoms with Gasteiger partial charge >= 0.3 is 0 Å². The summed E-state index contributed by atoms with van der Waals surface area (Å²) in [7, 11) is 0. The van der Waals surface area contributed by atoms with Crippen molar-refractivity contribution < 1.29 is 17.4 Å². The van der Waals surface area contributed by atoms with Crippen LogP contribution in [0.25, 0.3) is 16.8 Å². The first kappa shape index (κ1) is 9.52. The smallest absolute Gasteiger partial charge is 0 e. The van der Waals surface area contributed by atoms with Gasteiger partial charge in [0.1, 0.15) is 0 Å². The summed E-state index contributed by atoms with van der Waals surface area (Å²) < 4.78 is 0. The van der Waals surface area contributed by atoms with Gasteiger partial charge in [-0.3, -0.25) is 0 Å². The molecule has 68 valence electrons. The maximum Gasteiger partial charge on any atom is 0 e. The maximum absolute atomic E-state index is 2.23. The monoisotopic (exact) mass is 218 g/mol. The summed E-state index contributed by atoms with van der Waals surface area (Å²) in [6, 6.07) is 13.0. The van der Waals surface area contributed by atoms with Crippen molar-refractivity contribution in [1.82, 2.24) is 0 Å². The molecule has 0 unspecified atom stereocenters. The van der Waals surface area contributed by atoms with Crippen molar-refractivity contribution >= 4 is 16.8 Å². The first-order valence-electron chi connectivity index (χ1n) is 4.62. The average molecular weight is 218 g/mol. The van der Waals surface area contributed by atoms with E-state index in [1.54, 1.807) is 0 Å². The van der Waals surface area contributed by atoms with Crippen LogP contribution in [0.3, 0.4) is 0 Å². The summed E-state index contributed by atoms with van der Waals surface area (Å²) in [6.07, 6.45) is 5.53. The van der Waals surface area contributed by atoms with Gasteiger partial charge in [0, 0.05) is 17.4 Å². The molecule has 0 N–H and O–H groups in total. The summed E-state index contributed by atoms with van der Waals surface area (Å²) in [6.45, 7) is 0. The first-order valence-corrected chi connectivity index (χ1v) is 4.62. The second-order valence-electron chi connectivity index (χ2n) is 3.47. The van der Waals surface area contributed by atoms with E-state index in [0.717, 1.165) is 6.42 Å². The van der Waals surface area contributed by atoms with E-state index < -0.39 is 0 Å². The zero-order valence-electron chi connectivity index (χ0n) is 7.73. The van der Waals surface area contributed by atoms with Gasteiger partial charge in [0.25, 0.3) is 0 Å². The molecule has 0 saturated carbocycles. The molecule has 3 rings (SSSR count). The SMILES string of the molecule is C1=Cc2cccc3cccc(c23)C1.[Cr]. The molecule has 0 atom stereocenters. The number of benzene rings is 2. The van der Waals surface area contributed by atoms with Crippen LogP contribution in [0.1, 0.15) is 11.1 Å². The minimum atomic E-state index is 0. The van der Waals surface area contributed by atoms with Crippen molar-refractivity contribution in [2.75, 3.05) is 0 Å². The van der Waals surface area contributed by atoms with Crippen molar-refractivity contribution in [2.24, 2.45) is 0 Å². The Hall–Kier alpha value is -1.03. The van der Waals surface area contributed by atoms with Gasteiger partial charge in [-0.2, -0.15) is 0 Å². The molecule has 1 aliphatic carbocycles. The van der Waals surface area contributed by atoms with E-state index in [1.165, 1.54) is 21.9 Å². The summed E-state index contributed by atoms with van der Waals surface area (Å²) in [5.74, 6) is 0. The zero-order valence-corrected chi connectivity index (χ0v) is 9.01. The second kappa shape index (κ2) is 3.61. The summed E-state index contributed by atoms with van der Waals surface area (Å²) in [5.41, 5.74) is 2.81. The molecule has 2 aromatic carbocycles. The zero-order chi connectivity index (χ0) is 8.67. The molecule has 0 spiro atoms. The van der Waals surface area contributed by atoms with Crippen LogP contribution in [0.15, 0.2) is 42.5 Å². The minimum Gasteiger partial charge on any atom is -0.0795 e. The van der Waals surface area contributed by atoms with E-state index in [2.05, 4.69) is 48.6 Å². The number of allylic oxidation sites excluding steroid dienone is 1. The summed E-state index contributed by atoms with van der Waals surface area (Å²) >= 11 is 0. The molecule has 1 aliphatic rings. The maximum atomic E-state index is 2.23. The Morgan fingerprint density at radius 1 is 0.929 bits per heavy atom. The predicted molar refractivity (Wildman–Crippen MR) is 56.7 cm³/mol. The summed E-state index contributed by atoms with van der Waals surface area (Å²) in [4.78, 5) is 0. The van der Waals surface area contributed by atoms with Crippen molar-refractivity contribution in [3.8, 4) is 0 Å². The first-order chi connectivity index (χ1) is 6.45. The quantitative estimate of drug-likeness (QED) is 0.635. The molecule has 0 aromatic heterocycles. The van der Waals surface area contributed by atoms with Gasteiger partial charge in [0.05, 0.1) is 0 Å². The van der Waals surface area contributed by atoms with Gasteiger partial charge in [0.2, 0.25) is 0 Å². The molecule has 0 bridgehead atoms. The normalized spacial score (nSPS) is 12.6. The van der Waals surface area contributed by atoms with Gasteiger partial charge in [0.15, 0.2) is 0 Å². The van der Waals surface area contributed by atoms with Gasteiger partial charge in [-0.25, -0.2) is 0 Å². The molecule has 14 heavy (non-hydrogen) atoms. The molecular formula is C13H10Cr. The van der Waals surface area contributed by atoms with Crippen LogP contribution in [0.5, 0.6) is 0 Å². The fraction of sp³-hybridized carbons (Fsp3) is 0.0769. The van der Waals surface area contributed by atoms with E-state index in [9.17, 15) is 0 Å². The molecule has 2 aromatic rings. The summed E-state index contributed by atoms with van der Waals surface area (Å²) in [5, 5.41) is 2.80. The fourth-order valence-electron chi connectivity index (χ4n) is 2.07. The van der Waals surface area contributed by atoms with Crippen molar-refractivity contribution in [2.45, 2.75) is 6.42 Å². The standard InChI is InChI=1S/C13H10.Cr/c1-4-10-6-2-8-12-9-3-7-11(5-1)13(10)12;/h1-8H,9H2;. The molecular weight excluding hydrogens is 208 g/mol. The van der Waals surface area contributed by atoms with Gasteiger partial charge in [-0.15, -0.1) is 0 Å². The van der Waals surface area contributed by atoms with Crippen LogP contribution in [0, 0.1) is 0 Å². The van der Waals surface area contributed by atoms with Crippen LogP contribution < -0.4 is 0 Å². The van der Waals surface area contributed by atoms with Crippen LogP contribution in [-0.2, 0) is 23.8 Å². The Morgan fingerprint density at radius 2 is 1.71 bits per heavy atom. The Morgan fingerprint density at radius 3 is 2.57 bits per heavy atom. The van der Waals surface area contributed by atoms with E-state index in [4.69, 9.17) is 0 Å².